The predicted molar refractivity (Wildman–Crippen MR) is 71.4 cm³/mol. The molecule has 2 rings (SSSR count). The standard InChI is InChI=1S/C14H18N2O2/c1-17-7-8-18-10-13(15)12-5-4-11-3-2-6-16-14(11)9-12/h2-6,9,13H,7-8,10,15H2,1H3. The van der Waals surface area contributed by atoms with Crippen molar-refractivity contribution in [1.82, 2.24) is 4.98 Å². The number of benzene rings is 1. The van der Waals surface area contributed by atoms with Crippen LogP contribution in [-0.4, -0.2) is 31.9 Å². The average molecular weight is 246 g/mol. The van der Waals surface area contributed by atoms with Crippen molar-refractivity contribution in [3.05, 3.63) is 42.1 Å². The molecule has 0 saturated heterocycles. The van der Waals surface area contributed by atoms with Crippen LogP contribution in [0.25, 0.3) is 10.9 Å². The Hall–Kier alpha value is -1.49. The lowest BCUT2D eigenvalue weighted by Gasteiger charge is -2.13. The number of nitrogens with two attached hydrogens (primary N) is 1. The number of hydrogen-bond acceptors (Lipinski definition) is 4. The molecule has 1 aromatic carbocycles. The summed E-state index contributed by atoms with van der Waals surface area (Å²) in [5.41, 5.74) is 8.08. The van der Waals surface area contributed by atoms with Gasteiger partial charge >= 0.3 is 0 Å². The molecule has 0 fully saturated rings. The van der Waals surface area contributed by atoms with Crippen molar-refractivity contribution in [2.45, 2.75) is 6.04 Å². The first-order valence-corrected chi connectivity index (χ1v) is 5.98. The Morgan fingerprint density at radius 1 is 1.28 bits per heavy atom. The summed E-state index contributed by atoms with van der Waals surface area (Å²) in [5.74, 6) is 0. The maximum atomic E-state index is 6.07. The second-order valence-corrected chi connectivity index (χ2v) is 4.13. The fourth-order valence-electron chi connectivity index (χ4n) is 1.76. The Labute approximate surface area is 107 Å². The summed E-state index contributed by atoms with van der Waals surface area (Å²) in [6, 6.07) is 9.90. The molecular formula is C14H18N2O2. The molecule has 4 heteroatoms. The minimum atomic E-state index is -0.131. The Bertz CT molecular complexity index is 502. The van der Waals surface area contributed by atoms with Gasteiger partial charge in [0, 0.05) is 18.7 Å². The fourth-order valence-corrected chi connectivity index (χ4v) is 1.76. The molecule has 0 aliphatic rings. The van der Waals surface area contributed by atoms with E-state index in [4.69, 9.17) is 15.2 Å². The summed E-state index contributed by atoms with van der Waals surface area (Å²) in [6.45, 7) is 1.64. The third kappa shape index (κ3) is 3.26. The van der Waals surface area contributed by atoms with E-state index < -0.39 is 0 Å². The average Bonchev–Trinajstić information content (AvgIpc) is 2.43. The molecule has 0 saturated carbocycles. The van der Waals surface area contributed by atoms with Crippen LogP contribution in [0.2, 0.25) is 0 Å². The van der Waals surface area contributed by atoms with Gasteiger partial charge in [-0.15, -0.1) is 0 Å². The summed E-state index contributed by atoms with van der Waals surface area (Å²) in [6.07, 6.45) is 1.78. The van der Waals surface area contributed by atoms with E-state index in [1.807, 2.05) is 30.3 Å². The van der Waals surface area contributed by atoms with Crippen molar-refractivity contribution in [1.29, 1.82) is 0 Å². The van der Waals surface area contributed by atoms with Crippen LogP contribution < -0.4 is 5.73 Å². The van der Waals surface area contributed by atoms with Crippen LogP contribution in [-0.2, 0) is 9.47 Å². The highest BCUT2D eigenvalue weighted by Gasteiger charge is 2.07. The largest absolute Gasteiger partial charge is 0.382 e. The van der Waals surface area contributed by atoms with Gasteiger partial charge in [-0.2, -0.15) is 0 Å². The van der Waals surface area contributed by atoms with Crippen molar-refractivity contribution >= 4 is 10.9 Å². The lowest BCUT2D eigenvalue weighted by Crippen LogP contribution is -2.18. The predicted octanol–water partition coefficient (Wildman–Crippen LogP) is 1.90. The monoisotopic (exact) mass is 246 g/mol. The van der Waals surface area contributed by atoms with Crippen LogP contribution >= 0.6 is 0 Å². The molecule has 1 heterocycles. The van der Waals surface area contributed by atoms with Gasteiger partial charge in [-0.3, -0.25) is 4.98 Å². The molecule has 0 bridgehead atoms. The quantitative estimate of drug-likeness (QED) is 0.791. The number of hydrogen-bond donors (Lipinski definition) is 1. The third-order valence-corrected chi connectivity index (χ3v) is 2.79. The van der Waals surface area contributed by atoms with Crippen molar-refractivity contribution in [3.8, 4) is 0 Å². The minimum Gasteiger partial charge on any atom is -0.382 e. The number of aromatic nitrogens is 1. The number of rotatable bonds is 6. The smallest absolute Gasteiger partial charge is 0.0705 e. The van der Waals surface area contributed by atoms with Crippen molar-refractivity contribution in [2.75, 3.05) is 26.9 Å². The molecule has 0 aliphatic carbocycles. The molecule has 18 heavy (non-hydrogen) atoms. The second kappa shape index (κ2) is 6.44. The van der Waals surface area contributed by atoms with E-state index in [2.05, 4.69) is 4.98 Å². The van der Waals surface area contributed by atoms with Crippen LogP contribution in [0.15, 0.2) is 36.5 Å². The topological polar surface area (TPSA) is 57.4 Å². The molecule has 1 atom stereocenters. The summed E-state index contributed by atoms with van der Waals surface area (Å²) < 4.78 is 10.3. The van der Waals surface area contributed by atoms with Gasteiger partial charge in [0.25, 0.3) is 0 Å². The molecule has 1 aromatic heterocycles. The molecule has 0 aliphatic heterocycles. The maximum Gasteiger partial charge on any atom is 0.0705 e. The zero-order valence-electron chi connectivity index (χ0n) is 10.5. The highest BCUT2D eigenvalue weighted by molar-refractivity contribution is 5.78. The van der Waals surface area contributed by atoms with Crippen LogP contribution in [0.3, 0.4) is 0 Å². The van der Waals surface area contributed by atoms with Gasteiger partial charge < -0.3 is 15.2 Å². The highest BCUT2D eigenvalue weighted by atomic mass is 16.5. The molecule has 1 unspecified atom stereocenters. The molecule has 4 nitrogen and oxygen atoms in total. The highest BCUT2D eigenvalue weighted by Crippen LogP contribution is 2.17. The van der Waals surface area contributed by atoms with Gasteiger partial charge in [0.2, 0.25) is 0 Å². The van der Waals surface area contributed by atoms with E-state index in [1.54, 1.807) is 13.3 Å². The first-order chi connectivity index (χ1) is 8.81. The van der Waals surface area contributed by atoms with Gasteiger partial charge in [0.1, 0.15) is 0 Å². The Morgan fingerprint density at radius 2 is 2.17 bits per heavy atom. The maximum absolute atomic E-state index is 6.07. The molecule has 2 aromatic rings. The molecule has 0 spiro atoms. The summed E-state index contributed by atoms with van der Waals surface area (Å²) in [7, 11) is 1.65. The Balaban J connectivity index is 2.01. The van der Waals surface area contributed by atoms with Crippen LogP contribution in [0.4, 0.5) is 0 Å². The molecule has 0 amide bonds. The zero-order valence-corrected chi connectivity index (χ0v) is 10.5. The summed E-state index contributed by atoms with van der Waals surface area (Å²) >= 11 is 0. The Morgan fingerprint density at radius 3 is 3.00 bits per heavy atom. The van der Waals surface area contributed by atoms with E-state index in [-0.39, 0.29) is 6.04 Å². The van der Waals surface area contributed by atoms with E-state index in [1.165, 1.54) is 0 Å². The molecule has 0 radical (unpaired) electrons. The van der Waals surface area contributed by atoms with E-state index in [0.29, 0.717) is 19.8 Å². The van der Waals surface area contributed by atoms with Crippen molar-refractivity contribution in [2.24, 2.45) is 5.73 Å². The van der Waals surface area contributed by atoms with Gasteiger partial charge in [0.15, 0.2) is 0 Å². The summed E-state index contributed by atoms with van der Waals surface area (Å²) in [5, 5.41) is 1.12. The lowest BCUT2D eigenvalue weighted by molar-refractivity contribution is 0.0636. The molecular weight excluding hydrogens is 228 g/mol. The third-order valence-electron chi connectivity index (χ3n) is 2.79. The van der Waals surface area contributed by atoms with Crippen LogP contribution in [0, 0.1) is 0 Å². The lowest BCUT2D eigenvalue weighted by atomic mass is 10.1. The zero-order chi connectivity index (χ0) is 12.8. The first kappa shape index (κ1) is 13.0. The molecule has 2 N–H and O–H groups in total. The number of fused-ring (bicyclic) bond motifs is 1. The number of methoxy groups -OCH3 is 1. The number of nitrogens with zero attached hydrogens (tertiary/aromatic N) is 1. The van der Waals surface area contributed by atoms with E-state index in [0.717, 1.165) is 16.5 Å². The van der Waals surface area contributed by atoms with Crippen LogP contribution in [0.1, 0.15) is 11.6 Å². The number of pyridine rings is 1. The van der Waals surface area contributed by atoms with Crippen LogP contribution in [0.5, 0.6) is 0 Å². The SMILES string of the molecule is COCCOCC(N)c1ccc2cccnc2c1. The van der Waals surface area contributed by atoms with Crippen molar-refractivity contribution < 1.29 is 9.47 Å². The van der Waals surface area contributed by atoms with Gasteiger partial charge in [-0.1, -0.05) is 18.2 Å². The normalized spacial score (nSPS) is 12.8. The summed E-state index contributed by atoms with van der Waals surface area (Å²) in [4.78, 5) is 4.32. The van der Waals surface area contributed by atoms with Gasteiger partial charge in [0.05, 0.1) is 31.4 Å². The first-order valence-electron chi connectivity index (χ1n) is 5.98. The second-order valence-electron chi connectivity index (χ2n) is 4.13. The Kier molecular flexibility index (Phi) is 4.64. The fraction of sp³-hybridized carbons (Fsp3) is 0.357. The van der Waals surface area contributed by atoms with Gasteiger partial charge in [-0.05, 0) is 17.7 Å². The van der Waals surface area contributed by atoms with E-state index >= 15 is 0 Å². The van der Waals surface area contributed by atoms with Gasteiger partial charge in [-0.25, -0.2) is 0 Å². The number of ether oxygens (including phenoxy) is 2. The van der Waals surface area contributed by atoms with Crippen molar-refractivity contribution in [3.63, 3.8) is 0 Å². The minimum absolute atomic E-state index is 0.131. The molecule has 96 valence electrons. The van der Waals surface area contributed by atoms with E-state index in [9.17, 15) is 0 Å².